The third-order valence-electron chi connectivity index (χ3n) is 3.59. The van der Waals surface area contributed by atoms with Crippen LogP contribution in [0, 0.1) is 11.8 Å². The first-order valence-electron chi connectivity index (χ1n) is 7.80. The smallest absolute Gasteiger partial charge is 0.0716 e. The lowest BCUT2D eigenvalue weighted by Crippen LogP contribution is -2.02. The molecule has 0 aliphatic heterocycles. The molecule has 1 aromatic carbocycles. The molecule has 0 radical (unpaired) electrons. The van der Waals surface area contributed by atoms with Crippen molar-refractivity contribution in [1.29, 1.82) is 0 Å². The number of benzene rings is 1. The summed E-state index contributed by atoms with van der Waals surface area (Å²) in [6, 6.07) is 10.4. The molecule has 1 aromatic rings. The minimum atomic E-state index is 0.751. The SMILES string of the molecule is CC(C)CCCCC(C)CCOCc1ccccc1. The van der Waals surface area contributed by atoms with E-state index in [1.807, 2.05) is 6.07 Å². The van der Waals surface area contributed by atoms with Crippen molar-refractivity contribution in [3.8, 4) is 0 Å². The zero-order valence-electron chi connectivity index (χ0n) is 12.9. The molecule has 108 valence electrons. The standard InChI is InChI=1S/C18H30O/c1-16(2)9-7-8-10-17(3)13-14-19-15-18-11-5-4-6-12-18/h4-6,11-12,16-17H,7-10,13-15H2,1-3H3. The third-order valence-corrected chi connectivity index (χ3v) is 3.59. The van der Waals surface area contributed by atoms with E-state index in [0.717, 1.165) is 25.0 Å². The first-order valence-corrected chi connectivity index (χ1v) is 7.80. The highest BCUT2D eigenvalue weighted by atomic mass is 16.5. The van der Waals surface area contributed by atoms with Crippen LogP contribution >= 0.6 is 0 Å². The predicted molar refractivity (Wildman–Crippen MR) is 83.2 cm³/mol. The Morgan fingerprint density at radius 2 is 1.58 bits per heavy atom. The third kappa shape index (κ3) is 8.83. The van der Waals surface area contributed by atoms with E-state index in [1.54, 1.807) is 0 Å². The molecule has 0 amide bonds. The second-order valence-corrected chi connectivity index (χ2v) is 6.11. The molecule has 0 spiro atoms. The predicted octanol–water partition coefficient (Wildman–Crippen LogP) is 5.45. The van der Waals surface area contributed by atoms with Gasteiger partial charge in [0.1, 0.15) is 0 Å². The second kappa shape index (κ2) is 10.0. The van der Waals surface area contributed by atoms with Crippen LogP contribution in [0.4, 0.5) is 0 Å². The highest BCUT2D eigenvalue weighted by Gasteiger charge is 2.03. The molecule has 1 nitrogen and oxygen atoms in total. The highest BCUT2D eigenvalue weighted by Crippen LogP contribution is 2.15. The molecule has 1 atom stereocenters. The Hall–Kier alpha value is -0.820. The second-order valence-electron chi connectivity index (χ2n) is 6.11. The van der Waals surface area contributed by atoms with Gasteiger partial charge < -0.3 is 4.74 Å². The Kier molecular flexibility index (Phi) is 8.57. The van der Waals surface area contributed by atoms with Crippen molar-refractivity contribution in [2.45, 2.75) is 59.5 Å². The highest BCUT2D eigenvalue weighted by molar-refractivity contribution is 5.13. The van der Waals surface area contributed by atoms with Crippen molar-refractivity contribution < 1.29 is 4.74 Å². The van der Waals surface area contributed by atoms with Crippen LogP contribution in [0.2, 0.25) is 0 Å². The Morgan fingerprint density at radius 1 is 0.895 bits per heavy atom. The summed E-state index contributed by atoms with van der Waals surface area (Å²) >= 11 is 0. The Labute approximate surface area is 119 Å². The van der Waals surface area contributed by atoms with Crippen LogP contribution < -0.4 is 0 Å². The molecular weight excluding hydrogens is 232 g/mol. The van der Waals surface area contributed by atoms with E-state index in [2.05, 4.69) is 45.0 Å². The fourth-order valence-electron chi connectivity index (χ4n) is 2.24. The first kappa shape index (κ1) is 16.2. The molecule has 19 heavy (non-hydrogen) atoms. The molecule has 0 saturated heterocycles. The molecule has 1 heteroatoms. The van der Waals surface area contributed by atoms with E-state index in [-0.39, 0.29) is 0 Å². The van der Waals surface area contributed by atoms with E-state index in [1.165, 1.54) is 37.7 Å². The van der Waals surface area contributed by atoms with E-state index < -0.39 is 0 Å². The van der Waals surface area contributed by atoms with Gasteiger partial charge in [-0.15, -0.1) is 0 Å². The van der Waals surface area contributed by atoms with E-state index in [0.29, 0.717) is 0 Å². The number of hydrogen-bond donors (Lipinski definition) is 0. The zero-order chi connectivity index (χ0) is 13.9. The van der Waals surface area contributed by atoms with Crippen LogP contribution in [-0.2, 0) is 11.3 Å². The maximum atomic E-state index is 5.73. The van der Waals surface area contributed by atoms with Gasteiger partial charge in [0, 0.05) is 6.61 Å². The maximum absolute atomic E-state index is 5.73. The van der Waals surface area contributed by atoms with Crippen molar-refractivity contribution in [3.05, 3.63) is 35.9 Å². The normalized spacial score (nSPS) is 12.8. The van der Waals surface area contributed by atoms with Crippen LogP contribution in [0.1, 0.15) is 58.4 Å². The van der Waals surface area contributed by atoms with Crippen molar-refractivity contribution in [2.24, 2.45) is 11.8 Å². The summed E-state index contributed by atoms with van der Waals surface area (Å²) in [6.45, 7) is 8.60. The van der Waals surface area contributed by atoms with Crippen molar-refractivity contribution in [1.82, 2.24) is 0 Å². The Morgan fingerprint density at radius 3 is 2.26 bits per heavy atom. The zero-order valence-corrected chi connectivity index (χ0v) is 12.9. The summed E-state index contributed by atoms with van der Waals surface area (Å²) in [5.74, 6) is 1.65. The molecular formula is C18H30O. The largest absolute Gasteiger partial charge is 0.377 e. The summed E-state index contributed by atoms with van der Waals surface area (Å²) < 4.78 is 5.73. The summed E-state index contributed by atoms with van der Waals surface area (Å²) in [5, 5.41) is 0. The lowest BCUT2D eigenvalue weighted by Gasteiger charge is -2.12. The Balaban J connectivity index is 1.97. The van der Waals surface area contributed by atoms with Crippen molar-refractivity contribution in [2.75, 3.05) is 6.61 Å². The average molecular weight is 262 g/mol. The summed E-state index contributed by atoms with van der Waals surface area (Å²) in [4.78, 5) is 0. The van der Waals surface area contributed by atoms with E-state index >= 15 is 0 Å². The van der Waals surface area contributed by atoms with Gasteiger partial charge in [0.2, 0.25) is 0 Å². The van der Waals surface area contributed by atoms with Gasteiger partial charge in [0.25, 0.3) is 0 Å². The fourth-order valence-corrected chi connectivity index (χ4v) is 2.24. The van der Waals surface area contributed by atoms with Gasteiger partial charge in [0.05, 0.1) is 6.61 Å². The van der Waals surface area contributed by atoms with Gasteiger partial charge in [-0.2, -0.15) is 0 Å². The van der Waals surface area contributed by atoms with Gasteiger partial charge in [0.15, 0.2) is 0 Å². The molecule has 0 aliphatic carbocycles. The minimum Gasteiger partial charge on any atom is -0.377 e. The van der Waals surface area contributed by atoms with Gasteiger partial charge >= 0.3 is 0 Å². The molecule has 0 N–H and O–H groups in total. The maximum Gasteiger partial charge on any atom is 0.0716 e. The van der Waals surface area contributed by atoms with Crippen LogP contribution in [0.5, 0.6) is 0 Å². The van der Waals surface area contributed by atoms with Crippen molar-refractivity contribution in [3.63, 3.8) is 0 Å². The molecule has 0 fully saturated rings. The van der Waals surface area contributed by atoms with E-state index in [4.69, 9.17) is 4.74 Å². The van der Waals surface area contributed by atoms with E-state index in [9.17, 15) is 0 Å². The number of ether oxygens (including phenoxy) is 1. The molecule has 0 heterocycles. The van der Waals surface area contributed by atoms with Crippen LogP contribution in [0.3, 0.4) is 0 Å². The Bertz CT molecular complexity index is 305. The summed E-state index contributed by atoms with van der Waals surface area (Å²) in [5.41, 5.74) is 1.27. The van der Waals surface area contributed by atoms with Gasteiger partial charge in [-0.1, -0.05) is 76.8 Å². The quantitative estimate of drug-likeness (QED) is 0.510. The summed E-state index contributed by atoms with van der Waals surface area (Å²) in [7, 11) is 0. The molecule has 0 aromatic heterocycles. The molecule has 0 saturated carbocycles. The van der Waals surface area contributed by atoms with Crippen LogP contribution in [0.15, 0.2) is 30.3 Å². The van der Waals surface area contributed by atoms with Crippen molar-refractivity contribution >= 4 is 0 Å². The van der Waals surface area contributed by atoms with Gasteiger partial charge in [-0.05, 0) is 23.8 Å². The number of hydrogen-bond acceptors (Lipinski definition) is 1. The lowest BCUT2D eigenvalue weighted by molar-refractivity contribution is 0.107. The topological polar surface area (TPSA) is 9.23 Å². The molecule has 1 rings (SSSR count). The van der Waals surface area contributed by atoms with Gasteiger partial charge in [-0.25, -0.2) is 0 Å². The van der Waals surface area contributed by atoms with Gasteiger partial charge in [-0.3, -0.25) is 0 Å². The summed E-state index contributed by atoms with van der Waals surface area (Å²) in [6.07, 6.45) is 6.66. The fraction of sp³-hybridized carbons (Fsp3) is 0.667. The first-order chi connectivity index (χ1) is 9.18. The minimum absolute atomic E-state index is 0.751. The molecule has 0 bridgehead atoms. The van der Waals surface area contributed by atoms with Crippen LogP contribution in [0.25, 0.3) is 0 Å². The lowest BCUT2D eigenvalue weighted by atomic mass is 9.98. The number of rotatable bonds is 10. The van der Waals surface area contributed by atoms with Crippen LogP contribution in [-0.4, -0.2) is 6.61 Å². The number of unbranched alkanes of at least 4 members (excludes halogenated alkanes) is 1. The molecule has 0 aliphatic rings. The monoisotopic (exact) mass is 262 g/mol. The molecule has 1 unspecified atom stereocenters. The average Bonchev–Trinajstić information content (AvgIpc) is 2.41.